The number of carbonyl (C=O) groups excluding carboxylic acids is 1. The molecule has 2 atom stereocenters. The molecule has 5 nitrogen and oxygen atoms in total. The lowest BCUT2D eigenvalue weighted by atomic mass is 10.1. The number of nitrogens with one attached hydrogen (secondary N) is 1. The molecule has 2 rings (SSSR count). The van der Waals surface area contributed by atoms with Crippen molar-refractivity contribution in [2.45, 2.75) is 32.5 Å². The quantitative estimate of drug-likeness (QED) is 0.885. The molecule has 0 bridgehead atoms. The van der Waals surface area contributed by atoms with Crippen LogP contribution in [-0.4, -0.2) is 47.9 Å². The molecular weight excluding hydrogens is 256 g/mol. The number of morpholine rings is 1. The van der Waals surface area contributed by atoms with Crippen molar-refractivity contribution >= 4 is 6.03 Å². The number of ether oxygens (including phenoxy) is 1. The van der Waals surface area contributed by atoms with Gasteiger partial charge >= 0.3 is 6.03 Å². The van der Waals surface area contributed by atoms with E-state index in [4.69, 9.17) is 4.74 Å². The van der Waals surface area contributed by atoms with E-state index in [0.717, 1.165) is 5.56 Å². The van der Waals surface area contributed by atoms with E-state index in [1.165, 1.54) is 0 Å². The second-order valence-corrected chi connectivity index (χ2v) is 5.31. The Labute approximate surface area is 119 Å². The highest BCUT2D eigenvalue weighted by molar-refractivity contribution is 5.74. The number of benzene rings is 1. The summed E-state index contributed by atoms with van der Waals surface area (Å²) >= 11 is 0. The Kier molecular flexibility index (Phi) is 4.84. The van der Waals surface area contributed by atoms with Gasteiger partial charge in [-0.2, -0.15) is 0 Å². The summed E-state index contributed by atoms with van der Waals surface area (Å²) in [4.78, 5) is 13.8. The Bertz CT molecular complexity index is 454. The molecule has 2 amide bonds. The summed E-state index contributed by atoms with van der Waals surface area (Å²) in [6.07, 6.45) is 0.862. The first kappa shape index (κ1) is 14.7. The summed E-state index contributed by atoms with van der Waals surface area (Å²) in [6.45, 7) is 5.76. The van der Waals surface area contributed by atoms with E-state index in [1.54, 1.807) is 23.1 Å². The zero-order valence-electron chi connectivity index (χ0n) is 12.0. The molecule has 1 fully saturated rings. The Balaban J connectivity index is 1.77. The van der Waals surface area contributed by atoms with E-state index in [2.05, 4.69) is 5.32 Å². The van der Waals surface area contributed by atoms with Crippen LogP contribution < -0.4 is 5.32 Å². The normalized spacial score (nSPS) is 22.6. The Morgan fingerprint density at radius 2 is 2.10 bits per heavy atom. The molecule has 110 valence electrons. The molecule has 1 aromatic carbocycles. The van der Waals surface area contributed by atoms with Crippen molar-refractivity contribution in [1.82, 2.24) is 10.2 Å². The molecule has 2 N–H and O–H groups in total. The van der Waals surface area contributed by atoms with Gasteiger partial charge in [-0.3, -0.25) is 0 Å². The molecule has 0 aliphatic carbocycles. The average molecular weight is 278 g/mol. The van der Waals surface area contributed by atoms with Crippen molar-refractivity contribution in [1.29, 1.82) is 0 Å². The molecule has 20 heavy (non-hydrogen) atoms. The molecule has 1 aliphatic rings. The number of hydrogen-bond acceptors (Lipinski definition) is 3. The highest BCUT2D eigenvalue weighted by atomic mass is 16.5. The summed E-state index contributed by atoms with van der Waals surface area (Å²) in [7, 11) is 0. The number of aromatic hydroxyl groups is 1. The lowest BCUT2D eigenvalue weighted by Gasteiger charge is -2.35. The van der Waals surface area contributed by atoms with Crippen LogP contribution in [0.2, 0.25) is 0 Å². The first-order chi connectivity index (χ1) is 9.54. The summed E-state index contributed by atoms with van der Waals surface area (Å²) < 4.78 is 5.60. The van der Waals surface area contributed by atoms with Gasteiger partial charge in [0.05, 0.1) is 12.2 Å². The molecule has 0 radical (unpaired) electrons. The second-order valence-electron chi connectivity index (χ2n) is 5.31. The Morgan fingerprint density at radius 1 is 1.40 bits per heavy atom. The molecule has 1 aliphatic heterocycles. The van der Waals surface area contributed by atoms with Gasteiger partial charge in [-0.15, -0.1) is 0 Å². The lowest BCUT2D eigenvalue weighted by Crippen LogP contribution is -2.51. The van der Waals surface area contributed by atoms with Gasteiger partial charge in [0, 0.05) is 19.6 Å². The Morgan fingerprint density at radius 3 is 2.75 bits per heavy atom. The smallest absolute Gasteiger partial charge is 0.317 e. The maximum Gasteiger partial charge on any atom is 0.317 e. The number of phenolic OH excluding ortho intramolecular Hbond substituents is 1. The summed E-state index contributed by atoms with van der Waals surface area (Å²) in [5.74, 6) is 0.254. The topological polar surface area (TPSA) is 61.8 Å². The van der Waals surface area contributed by atoms with E-state index in [9.17, 15) is 9.90 Å². The van der Waals surface area contributed by atoms with Gasteiger partial charge in [-0.1, -0.05) is 12.1 Å². The van der Waals surface area contributed by atoms with E-state index in [1.807, 2.05) is 19.9 Å². The molecule has 1 heterocycles. The van der Waals surface area contributed by atoms with Crippen LogP contribution in [0.25, 0.3) is 0 Å². The van der Waals surface area contributed by atoms with Crippen LogP contribution in [0.15, 0.2) is 24.3 Å². The van der Waals surface area contributed by atoms with E-state index < -0.39 is 0 Å². The number of carbonyl (C=O) groups is 1. The number of phenols is 1. The second kappa shape index (κ2) is 6.61. The van der Waals surface area contributed by atoms with Crippen LogP contribution in [0.1, 0.15) is 19.4 Å². The van der Waals surface area contributed by atoms with E-state index in [0.29, 0.717) is 26.1 Å². The zero-order chi connectivity index (χ0) is 14.5. The van der Waals surface area contributed by atoms with Gasteiger partial charge in [0.25, 0.3) is 0 Å². The Hall–Kier alpha value is -1.75. The third kappa shape index (κ3) is 4.13. The van der Waals surface area contributed by atoms with Crippen molar-refractivity contribution in [2.24, 2.45) is 0 Å². The fourth-order valence-electron chi connectivity index (χ4n) is 2.48. The van der Waals surface area contributed by atoms with E-state index in [-0.39, 0.29) is 24.0 Å². The fraction of sp³-hybridized carbons (Fsp3) is 0.533. The monoisotopic (exact) mass is 278 g/mol. The third-order valence-electron chi connectivity index (χ3n) is 3.31. The molecular formula is C15H22N2O3. The summed E-state index contributed by atoms with van der Waals surface area (Å²) in [5, 5.41) is 12.3. The molecule has 5 heteroatoms. The average Bonchev–Trinajstić information content (AvgIpc) is 2.37. The fourth-order valence-corrected chi connectivity index (χ4v) is 2.48. The largest absolute Gasteiger partial charge is 0.508 e. The molecule has 0 spiro atoms. The van der Waals surface area contributed by atoms with Crippen LogP contribution in [0.5, 0.6) is 5.75 Å². The predicted octanol–water partition coefficient (Wildman–Crippen LogP) is 1.75. The lowest BCUT2D eigenvalue weighted by molar-refractivity contribution is -0.0544. The highest BCUT2D eigenvalue weighted by Crippen LogP contribution is 2.12. The number of hydrogen-bond donors (Lipinski definition) is 2. The first-order valence-corrected chi connectivity index (χ1v) is 7.00. The van der Waals surface area contributed by atoms with Crippen molar-refractivity contribution in [2.75, 3.05) is 19.6 Å². The third-order valence-corrected chi connectivity index (χ3v) is 3.31. The van der Waals surface area contributed by atoms with Gasteiger partial charge in [0.1, 0.15) is 5.75 Å². The molecule has 1 aromatic rings. The summed E-state index contributed by atoms with van der Waals surface area (Å²) in [6, 6.07) is 7.04. The first-order valence-electron chi connectivity index (χ1n) is 7.00. The maximum absolute atomic E-state index is 12.1. The van der Waals surface area contributed by atoms with Crippen LogP contribution in [-0.2, 0) is 11.2 Å². The standard InChI is InChI=1S/C15H22N2O3/c1-11-9-17(10-12(2)20-11)15(19)16-7-6-13-4-3-5-14(18)8-13/h3-5,8,11-12,18H,6-7,9-10H2,1-2H3,(H,16,19)/t11-,12-/m0/s1. The number of urea groups is 1. The van der Waals surface area contributed by atoms with Crippen molar-refractivity contribution < 1.29 is 14.6 Å². The molecule has 0 saturated carbocycles. The number of nitrogens with zero attached hydrogens (tertiary/aromatic N) is 1. The minimum Gasteiger partial charge on any atom is -0.508 e. The van der Waals surface area contributed by atoms with Gasteiger partial charge in [0.2, 0.25) is 0 Å². The number of amides is 2. The SMILES string of the molecule is C[C@H]1CN(C(=O)NCCc2cccc(O)c2)C[C@H](C)O1. The van der Waals surface area contributed by atoms with Crippen molar-refractivity contribution in [3.63, 3.8) is 0 Å². The summed E-state index contributed by atoms with van der Waals surface area (Å²) in [5.41, 5.74) is 1.01. The van der Waals surface area contributed by atoms with Crippen molar-refractivity contribution in [3.8, 4) is 5.75 Å². The highest BCUT2D eigenvalue weighted by Gasteiger charge is 2.25. The predicted molar refractivity (Wildman–Crippen MR) is 76.8 cm³/mol. The van der Waals surface area contributed by atoms with Gasteiger partial charge in [0.15, 0.2) is 0 Å². The van der Waals surface area contributed by atoms with Crippen LogP contribution in [0.4, 0.5) is 4.79 Å². The zero-order valence-corrected chi connectivity index (χ0v) is 12.0. The van der Waals surface area contributed by atoms with Gasteiger partial charge < -0.3 is 20.1 Å². The van der Waals surface area contributed by atoms with Gasteiger partial charge in [-0.25, -0.2) is 4.79 Å². The van der Waals surface area contributed by atoms with Crippen LogP contribution in [0, 0.1) is 0 Å². The molecule has 0 aromatic heterocycles. The van der Waals surface area contributed by atoms with Crippen molar-refractivity contribution in [3.05, 3.63) is 29.8 Å². The molecule has 1 saturated heterocycles. The van der Waals surface area contributed by atoms with Crippen LogP contribution >= 0.6 is 0 Å². The van der Waals surface area contributed by atoms with E-state index >= 15 is 0 Å². The van der Waals surface area contributed by atoms with Gasteiger partial charge in [-0.05, 0) is 38.0 Å². The minimum atomic E-state index is -0.0489. The number of rotatable bonds is 3. The molecule has 0 unspecified atom stereocenters. The maximum atomic E-state index is 12.1. The minimum absolute atomic E-state index is 0.0489. The van der Waals surface area contributed by atoms with Crippen LogP contribution in [0.3, 0.4) is 0 Å².